The lowest BCUT2D eigenvalue weighted by atomic mass is 10.0. The Balaban J connectivity index is 1.96. The molecule has 5 nitrogen and oxygen atoms in total. The number of carbonyl (C=O) groups is 2. The maximum Gasteiger partial charge on any atom is 0.246 e. The number of rotatable bonds is 5. The van der Waals surface area contributed by atoms with Crippen molar-refractivity contribution in [3.05, 3.63) is 42.0 Å². The van der Waals surface area contributed by atoms with Crippen molar-refractivity contribution < 1.29 is 14.3 Å². The summed E-state index contributed by atoms with van der Waals surface area (Å²) in [5, 5.41) is 2.62. The van der Waals surface area contributed by atoms with E-state index in [0.717, 1.165) is 5.56 Å². The number of amides is 2. The summed E-state index contributed by atoms with van der Waals surface area (Å²) >= 11 is 0. The highest BCUT2D eigenvalue weighted by Gasteiger charge is 2.35. The predicted octanol–water partition coefficient (Wildman–Crippen LogP) is 1.31. The molecule has 1 saturated heterocycles. The van der Waals surface area contributed by atoms with Gasteiger partial charge in [0.1, 0.15) is 0 Å². The highest BCUT2D eigenvalue weighted by molar-refractivity contribution is 5.92. The first-order valence-corrected chi connectivity index (χ1v) is 7.39. The molecule has 1 heterocycles. The van der Waals surface area contributed by atoms with Crippen LogP contribution < -0.4 is 5.32 Å². The highest BCUT2D eigenvalue weighted by Crippen LogP contribution is 2.23. The van der Waals surface area contributed by atoms with Crippen molar-refractivity contribution in [1.82, 2.24) is 10.2 Å². The van der Waals surface area contributed by atoms with Crippen LogP contribution in [0.2, 0.25) is 0 Å². The van der Waals surface area contributed by atoms with Gasteiger partial charge in [-0.15, -0.1) is 0 Å². The number of carbonyl (C=O) groups excluding carboxylic acids is 2. The second kappa shape index (κ2) is 7.75. The molecule has 0 aromatic heterocycles. The molecule has 1 fully saturated rings. The normalized spacial score (nSPS) is 21.3. The molecule has 0 saturated carbocycles. The quantitative estimate of drug-likeness (QED) is 0.834. The third-order valence-electron chi connectivity index (χ3n) is 3.94. The van der Waals surface area contributed by atoms with Gasteiger partial charge in [-0.3, -0.25) is 9.59 Å². The Kier molecular flexibility index (Phi) is 5.72. The van der Waals surface area contributed by atoms with Crippen molar-refractivity contribution in [3.63, 3.8) is 0 Å². The van der Waals surface area contributed by atoms with Crippen molar-refractivity contribution in [2.45, 2.75) is 12.5 Å². The molecule has 1 aromatic carbocycles. The summed E-state index contributed by atoms with van der Waals surface area (Å²) in [6, 6.07) is 9.69. The molecule has 1 aliphatic heterocycles. The van der Waals surface area contributed by atoms with Crippen LogP contribution in [0.1, 0.15) is 12.0 Å². The maximum atomic E-state index is 12.3. The van der Waals surface area contributed by atoms with Gasteiger partial charge in [-0.05, 0) is 11.6 Å². The van der Waals surface area contributed by atoms with Crippen LogP contribution in [-0.2, 0) is 14.3 Å². The van der Waals surface area contributed by atoms with Gasteiger partial charge in [0, 0.05) is 45.7 Å². The lowest BCUT2D eigenvalue weighted by Crippen LogP contribution is -2.28. The smallest absolute Gasteiger partial charge is 0.246 e. The van der Waals surface area contributed by atoms with Crippen LogP contribution in [0.5, 0.6) is 0 Å². The zero-order valence-corrected chi connectivity index (χ0v) is 13.0. The monoisotopic (exact) mass is 302 g/mol. The predicted molar refractivity (Wildman–Crippen MR) is 85.0 cm³/mol. The number of nitrogens with zero attached hydrogens (tertiary/aromatic N) is 1. The first kappa shape index (κ1) is 16.2. The van der Waals surface area contributed by atoms with Crippen LogP contribution >= 0.6 is 0 Å². The molecule has 0 radical (unpaired) electrons. The van der Waals surface area contributed by atoms with E-state index in [1.54, 1.807) is 31.2 Å². The van der Waals surface area contributed by atoms with Gasteiger partial charge in [-0.1, -0.05) is 30.3 Å². The van der Waals surface area contributed by atoms with E-state index < -0.39 is 0 Å². The lowest BCUT2D eigenvalue weighted by Gasteiger charge is -2.14. The Morgan fingerprint density at radius 3 is 2.68 bits per heavy atom. The van der Waals surface area contributed by atoms with Crippen molar-refractivity contribution >= 4 is 17.9 Å². The van der Waals surface area contributed by atoms with Gasteiger partial charge in [-0.25, -0.2) is 0 Å². The van der Waals surface area contributed by atoms with E-state index in [4.69, 9.17) is 4.74 Å². The van der Waals surface area contributed by atoms with Gasteiger partial charge in [0.15, 0.2) is 0 Å². The molecule has 2 rings (SSSR count). The number of hydrogen-bond acceptors (Lipinski definition) is 3. The molecule has 1 aromatic rings. The standard InChI is InChI=1S/C17H22N2O3/c1-18-16(20)10-14-11-19(12-15(14)22-2)17(21)9-8-13-6-4-3-5-7-13/h3-9,14-15H,10-12H2,1-2H3,(H,18,20)/t14-,15+/m1/s1. The van der Waals surface area contributed by atoms with Gasteiger partial charge in [0.25, 0.3) is 0 Å². The fraction of sp³-hybridized carbons (Fsp3) is 0.412. The summed E-state index contributed by atoms with van der Waals surface area (Å²) in [6.45, 7) is 1.07. The lowest BCUT2D eigenvalue weighted by molar-refractivity contribution is -0.126. The molecular weight excluding hydrogens is 280 g/mol. The highest BCUT2D eigenvalue weighted by atomic mass is 16.5. The van der Waals surface area contributed by atoms with Crippen LogP contribution in [0.25, 0.3) is 6.08 Å². The molecule has 2 atom stereocenters. The van der Waals surface area contributed by atoms with Gasteiger partial charge >= 0.3 is 0 Å². The molecule has 0 unspecified atom stereocenters. The second-order valence-corrected chi connectivity index (χ2v) is 5.40. The van der Waals surface area contributed by atoms with Gasteiger partial charge in [0.2, 0.25) is 11.8 Å². The molecule has 0 aliphatic carbocycles. The minimum atomic E-state index is -0.0913. The number of likely N-dealkylation sites (tertiary alicyclic amines) is 1. The summed E-state index contributed by atoms with van der Waals surface area (Å²) in [4.78, 5) is 25.5. The van der Waals surface area contributed by atoms with E-state index in [0.29, 0.717) is 19.5 Å². The molecule has 1 N–H and O–H groups in total. The van der Waals surface area contributed by atoms with Crippen molar-refractivity contribution in [2.24, 2.45) is 5.92 Å². The molecule has 1 aliphatic rings. The van der Waals surface area contributed by atoms with E-state index in [-0.39, 0.29) is 23.8 Å². The zero-order valence-electron chi connectivity index (χ0n) is 13.0. The van der Waals surface area contributed by atoms with Gasteiger partial charge in [0.05, 0.1) is 6.10 Å². The van der Waals surface area contributed by atoms with Crippen LogP contribution in [0.15, 0.2) is 36.4 Å². The zero-order chi connectivity index (χ0) is 15.9. The first-order chi connectivity index (χ1) is 10.6. The maximum absolute atomic E-state index is 12.3. The Morgan fingerprint density at radius 2 is 2.05 bits per heavy atom. The van der Waals surface area contributed by atoms with E-state index >= 15 is 0 Å². The van der Waals surface area contributed by atoms with Crippen molar-refractivity contribution in [2.75, 3.05) is 27.2 Å². The fourth-order valence-corrected chi connectivity index (χ4v) is 2.66. The molecule has 5 heteroatoms. The van der Waals surface area contributed by atoms with Gasteiger partial charge < -0.3 is 15.0 Å². The van der Waals surface area contributed by atoms with E-state index in [9.17, 15) is 9.59 Å². The number of hydrogen-bond donors (Lipinski definition) is 1. The largest absolute Gasteiger partial charge is 0.379 e. The molecule has 0 bridgehead atoms. The third kappa shape index (κ3) is 4.18. The van der Waals surface area contributed by atoms with E-state index in [1.807, 2.05) is 30.3 Å². The second-order valence-electron chi connectivity index (χ2n) is 5.40. The molecule has 0 spiro atoms. The number of nitrogens with one attached hydrogen (secondary N) is 1. The first-order valence-electron chi connectivity index (χ1n) is 7.39. The summed E-state index contributed by atoms with van der Waals surface area (Å²) in [6.07, 6.45) is 3.66. The Hall–Kier alpha value is -2.14. The fourth-order valence-electron chi connectivity index (χ4n) is 2.66. The van der Waals surface area contributed by atoms with Gasteiger partial charge in [-0.2, -0.15) is 0 Å². The van der Waals surface area contributed by atoms with Crippen molar-refractivity contribution in [1.29, 1.82) is 0 Å². The Bertz CT molecular complexity index is 542. The molecule has 118 valence electrons. The van der Waals surface area contributed by atoms with E-state index in [1.165, 1.54) is 0 Å². The number of methoxy groups -OCH3 is 1. The molecular formula is C17H22N2O3. The number of ether oxygens (including phenoxy) is 1. The Labute approximate surface area is 130 Å². The average molecular weight is 302 g/mol. The Morgan fingerprint density at radius 1 is 1.32 bits per heavy atom. The summed E-state index contributed by atoms with van der Waals surface area (Å²) in [5.74, 6) is -0.0366. The van der Waals surface area contributed by atoms with Crippen molar-refractivity contribution in [3.8, 4) is 0 Å². The summed E-state index contributed by atoms with van der Waals surface area (Å²) < 4.78 is 5.41. The van der Waals surface area contributed by atoms with Crippen LogP contribution in [0.3, 0.4) is 0 Å². The SMILES string of the molecule is CNC(=O)C[C@@H]1CN(C(=O)C=Cc2ccccc2)C[C@@H]1OC. The van der Waals surface area contributed by atoms with E-state index in [2.05, 4.69) is 5.32 Å². The summed E-state index contributed by atoms with van der Waals surface area (Å²) in [5.41, 5.74) is 0.986. The van der Waals surface area contributed by atoms with Crippen LogP contribution in [0.4, 0.5) is 0 Å². The topological polar surface area (TPSA) is 58.6 Å². The average Bonchev–Trinajstić information content (AvgIpc) is 2.96. The van der Waals surface area contributed by atoms with Crippen LogP contribution in [0, 0.1) is 5.92 Å². The molecule has 22 heavy (non-hydrogen) atoms. The molecule has 2 amide bonds. The minimum absolute atomic E-state index is 0.0267. The summed E-state index contributed by atoms with van der Waals surface area (Å²) in [7, 11) is 3.24. The number of benzene rings is 1. The van der Waals surface area contributed by atoms with Crippen LogP contribution in [-0.4, -0.2) is 50.1 Å². The third-order valence-corrected chi connectivity index (χ3v) is 3.94. The minimum Gasteiger partial charge on any atom is -0.379 e.